The quantitative estimate of drug-likeness (QED) is 0.363. The predicted molar refractivity (Wildman–Crippen MR) is 134 cm³/mol. The summed E-state index contributed by atoms with van der Waals surface area (Å²) in [7, 11) is 3.31. The van der Waals surface area contributed by atoms with Crippen LogP contribution in [0.3, 0.4) is 0 Å². The third-order valence-corrected chi connectivity index (χ3v) is 6.13. The van der Waals surface area contributed by atoms with Crippen LogP contribution >= 0.6 is 11.6 Å². The van der Waals surface area contributed by atoms with E-state index in [-0.39, 0.29) is 5.41 Å². The second kappa shape index (κ2) is 8.90. The molecule has 2 N–H and O–H groups in total. The highest BCUT2D eigenvalue weighted by Gasteiger charge is 2.40. The van der Waals surface area contributed by atoms with E-state index in [1.165, 1.54) is 25.6 Å². The van der Waals surface area contributed by atoms with Crippen molar-refractivity contribution in [2.75, 3.05) is 36.2 Å². The lowest BCUT2D eigenvalue weighted by atomic mass is 9.88. The lowest BCUT2D eigenvalue weighted by Gasteiger charge is -2.22. The van der Waals surface area contributed by atoms with Gasteiger partial charge in [0.15, 0.2) is 23.2 Å². The van der Waals surface area contributed by atoms with Crippen LogP contribution < -0.4 is 20.3 Å². The van der Waals surface area contributed by atoms with Crippen LogP contribution in [0.2, 0.25) is 5.15 Å². The Morgan fingerprint density at radius 2 is 1.89 bits per heavy atom. The van der Waals surface area contributed by atoms with Gasteiger partial charge in [-0.05, 0) is 12.1 Å². The van der Waals surface area contributed by atoms with Crippen LogP contribution in [0.15, 0.2) is 43.0 Å². The first-order valence-corrected chi connectivity index (χ1v) is 11.4. The molecule has 4 aromatic rings. The Balaban J connectivity index is 1.54. The van der Waals surface area contributed by atoms with Crippen LogP contribution in [0.5, 0.6) is 5.75 Å². The zero-order valence-corrected chi connectivity index (χ0v) is 20.7. The van der Waals surface area contributed by atoms with Crippen LogP contribution in [0, 0.1) is 11.6 Å². The van der Waals surface area contributed by atoms with E-state index in [1.807, 2.05) is 4.90 Å². The lowest BCUT2D eigenvalue weighted by Crippen LogP contribution is -2.25. The number of nitrogens with zero attached hydrogens (tertiary/aromatic N) is 6. The van der Waals surface area contributed by atoms with E-state index >= 15 is 0 Å². The van der Waals surface area contributed by atoms with Crippen LogP contribution in [0.25, 0.3) is 5.82 Å². The molecule has 0 bridgehead atoms. The number of anilines is 5. The number of nitrogens with one attached hydrogen (secondary N) is 2. The van der Waals surface area contributed by atoms with E-state index in [0.717, 1.165) is 11.6 Å². The number of halogens is 3. The summed E-state index contributed by atoms with van der Waals surface area (Å²) in [5, 5.41) is 6.65. The molecule has 0 saturated heterocycles. The number of imidazole rings is 1. The van der Waals surface area contributed by atoms with Gasteiger partial charge in [-0.2, -0.15) is 9.97 Å². The van der Waals surface area contributed by atoms with E-state index in [9.17, 15) is 8.78 Å². The summed E-state index contributed by atoms with van der Waals surface area (Å²) in [4.78, 5) is 19.7. The molecule has 12 heteroatoms. The van der Waals surface area contributed by atoms with Crippen molar-refractivity contribution in [1.29, 1.82) is 0 Å². The van der Waals surface area contributed by atoms with Crippen LogP contribution in [-0.2, 0) is 5.41 Å². The number of fused-ring (bicyclic) bond motifs is 1. The number of hydrogen-bond acceptors (Lipinski definition) is 8. The Morgan fingerprint density at radius 1 is 1.08 bits per heavy atom. The molecule has 36 heavy (non-hydrogen) atoms. The number of aromatic nitrogens is 5. The molecular weight excluding hydrogens is 490 g/mol. The molecule has 5 rings (SSSR count). The van der Waals surface area contributed by atoms with Gasteiger partial charge >= 0.3 is 0 Å². The molecule has 4 heterocycles. The maximum atomic E-state index is 14.1. The molecule has 3 aromatic heterocycles. The van der Waals surface area contributed by atoms with Gasteiger partial charge in [-0.3, -0.25) is 4.57 Å². The van der Waals surface area contributed by atoms with Crippen molar-refractivity contribution in [1.82, 2.24) is 24.5 Å². The van der Waals surface area contributed by atoms with Gasteiger partial charge in [0.1, 0.15) is 23.1 Å². The van der Waals surface area contributed by atoms with Gasteiger partial charge in [-0.15, -0.1) is 0 Å². The second-order valence-corrected chi connectivity index (χ2v) is 9.28. The first-order valence-electron chi connectivity index (χ1n) is 11.0. The zero-order valence-electron chi connectivity index (χ0n) is 20.0. The van der Waals surface area contributed by atoms with E-state index in [0.29, 0.717) is 52.2 Å². The van der Waals surface area contributed by atoms with Gasteiger partial charge in [-0.25, -0.2) is 18.7 Å². The normalized spacial score (nSPS) is 14.0. The number of benzene rings is 1. The SMILES string of the molecule is CNc1nc(Nc2cnc(-n3cnc(Cl)c3)c(OC)c2)nc2c1C(C)(C)CN2c1ccc(F)c(F)c1. The number of methoxy groups -OCH3 is 1. The molecule has 0 aliphatic carbocycles. The molecule has 0 radical (unpaired) electrons. The van der Waals surface area contributed by atoms with Gasteiger partial charge in [-0.1, -0.05) is 25.4 Å². The average molecular weight is 513 g/mol. The van der Waals surface area contributed by atoms with Gasteiger partial charge in [0.25, 0.3) is 0 Å². The fourth-order valence-corrected chi connectivity index (χ4v) is 4.46. The zero-order chi connectivity index (χ0) is 25.6. The molecule has 0 atom stereocenters. The number of hydrogen-bond donors (Lipinski definition) is 2. The molecule has 0 amide bonds. The average Bonchev–Trinajstić information content (AvgIpc) is 3.40. The minimum atomic E-state index is -0.919. The van der Waals surface area contributed by atoms with E-state index in [1.54, 1.807) is 30.1 Å². The summed E-state index contributed by atoms with van der Waals surface area (Å²) in [6.45, 7) is 4.62. The molecule has 0 unspecified atom stereocenters. The van der Waals surface area contributed by atoms with E-state index < -0.39 is 11.6 Å². The fourth-order valence-electron chi connectivity index (χ4n) is 4.31. The Morgan fingerprint density at radius 3 is 2.56 bits per heavy atom. The first-order chi connectivity index (χ1) is 17.2. The van der Waals surface area contributed by atoms with Gasteiger partial charge in [0, 0.05) is 48.6 Å². The summed E-state index contributed by atoms with van der Waals surface area (Å²) in [6, 6.07) is 5.57. The van der Waals surface area contributed by atoms with Crippen LogP contribution in [-0.4, -0.2) is 45.2 Å². The standard InChI is InChI=1S/C24H23ClF2N8O/c1-24(2)11-35(14-5-6-15(26)16(27)8-14)22-19(24)20(28-3)32-23(33-22)31-13-7-17(36-4)21(29-9-13)34-10-18(25)30-12-34/h5-10,12H,11H2,1-4H3,(H2,28,31,32,33). The Kier molecular flexibility index (Phi) is 5.87. The van der Waals surface area contributed by atoms with Crippen molar-refractivity contribution in [2.45, 2.75) is 19.3 Å². The van der Waals surface area contributed by atoms with Crippen molar-refractivity contribution in [3.8, 4) is 11.6 Å². The molecule has 1 aliphatic rings. The van der Waals surface area contributed by atoms with Crippen molar-refractivity contribution < 1.29 is 13.5 Å². The van der Waals surface area contributed by atoms with Crippen molar-refractivity contribution in [3.63, 3.8) is 0 Å². The van der Waals surface area contributed by atoms with Gasteiger partial charge < -0.3 is 20.3 Å². The van der Waals surface area contributed by atoms with E-state index in [4.69, 9.17) is 21.3 Å². The number of rotatable bonds is 6. The molecule has 9 nitrogen and oxygen atoms in total. The number of pyridine rings is 1. The van der Waals surface area contributed by atoms with Crippen molar-refractivity contribution in [3.05, 3.63) is 65.3 Å². The molecule has 1 aliphatic heterocycles. The summed E-state index contributed by atoms with van der Waals surface area (Å²) in [6.07, 6.45) is 4.77. The summed E-state index contributed by atoms with van der Waals surface area (Å²) in [5.74, 6) is 0.692. The summed E-state index contributed by atoms with van der Waals surface area (Å²) < 4.78 is 34.8. The third kappa shape index (κ3) is 4.15. The van der Waals surface area contributed by atoms with Crippen LogP contribution in [0.1, 0.15) is 19.4 Å². The van der Waals surface area contributed by atoms with Crippen LogP contribution in [0.4, 0.5) is 37.7 Å². The predicted octanol–water partition coefficient (Wildman–Crippen LogP) is 5.21. The smallest absolute Gasteiger partial charge is 0.231 e. The third-order valence-electron chi connectivity index (χ3n) is 5.93. The Hall–Kier alpha value is -3.99. The molecule has 0 saturated carbocycles. The lowest BCUT2D eigenvalue weighted by molar-refractivity contribution is 0.411. The maximum absolute atomic E-state index is 14.1. The molecular formula is C24H23ClF2N8O. The minimum absolute atomic E-state index is 0.297. The molecule has 186 valence electrons. The largest absolute Gasteiger partial charge is 0.493 e. The van der Waals surface area contributed by atoms with Crippen molar-refractivity contribution >= 4 is 40.6 Å². The fraction of sp³-hybridized carbons (Fsp3) is 0.250. The monoisotopic (exact) mass is 512 g/mol. The minimum Gasteiger partial charge on any atom is -0.493 e. The second-order valence-electron chi connectivity index (χ2n) is 8.89. The summed E-state index contributed by atoms with van der Waals surface area (Å²) >= 11 is 5.93. The Labute approximate surface area is 211 Å². The first kappa shape index (κ1) is 23.7. The number of ether oxygens (including phenoxy) is 1. The topological polar surface area (TPSA) is 93.0 Å². The highest BCUT2D eigenvalue weighted by molar-refractivity contribution is 6.29. The maximum Gasteiger partial charge on any atom is 0.231 e. The van der Waals surface area contributed by atoms with Crippen molar-refractivity contribution in [2.24, 2.45) is 0 Å². The summed E-state index contributed by atoms with van der Waals surface area (Å²) in [5.41, 5.74) is 1.61. The van der Waals surface area contributed by atoms with E-state index in [2.05, 4.69) is 39.4 Å². The van der Waals surface area contributed by atoms with Gasteiger partial charge in [0.2, 0.25) is 5.95 Å². The highest BCUT2D eigenvalue weighted by Crippen LogP contribution is 2.47. The molecule has 0 spiro atoms. The highest BCUT2D eigenvalue weighted by atomic mass is 35.5. The van der Waals surface area contributed by atoms with Gasteiger partial charge in [0.05, 0.1) is 19.0 Å². The molecule has 0 fully saturated rings. The molecule has 1 aromatic carbocycles. The Bertz CT molecular complexity index is 1460.